The van der Waals surface area contributed by atoms with Crippen LogP contribution in [-0.4, -0.2) is 34.4 Å². The van der Waals surface area contributed by atoms with E-state index in [1.165, 1.54) is 0 Å². The Balaban J connectivity index is 1.70. The molecule has 1 spiro atoms. The molecule has 2 aliphatic heterocycles. The molecule has 1 saturated carbocycles. The monoisotopic (exact) mass is 395 g/mol. The Kier molecular flexibility index (Phi) is 5.17. The van der Waals surface area contributed by atoms with Crippen molar-refractivity contribution in [3.8, 4) is 0 Å². The fourth-order valence-corrected chi connectivity index (χ4v) is 4.89. The van der Waals surface area contributed by atoms with Crippen LogP contribution in [0.2, 0.25) is 0 Å². The predicted octanol–water partition coefficient (Wildman–Crippen LogP) is 2.35. The van der Waals surface area contributed by atoms with Crippen molar-refractivity contribution >= 4 is 18.0 Å². The van der Waals surface area contributed by atoms with Crippen molar-refractivity contribution in [3.63, 3.8) is 0 Å². The predicted molar refractivity (Wildman–Crippen MR) is 112 cm³/mol. The number of anilines is 1. The van der Waals surface area contributed by atoms with Crippen LogP contribution in [0, 0.1) is 0 Å². The number of amides is 2. The van der Waals surface area contributed by atoms with Gasteiger partial charge in [-0.25, -0.2) is 0 Å². The zero-order valence-electron chi connectivity index (χ0n) is 17.2. The molecule has 3 heterocycles. The molecule has 1 aromatic heterocycles. The van der Waals surface area contributed by atoms with Crippen LogP contribution >= 0.6 is 0 Å². The molecule has 0 unspecified atom stereocenters. The van der Waals surface area contributed by atoms with Gasteiger partial charge in [-0.1, -0.05) is 6.42 Å². The lowest BCUT2D eigenvalue weighted by Gasteiger charge is -2.38. The first-order chi connectivity index (χ1) is 14.0. The van der Waals surface area contributed by atoms with Gasteiger partial charge in [-0.3, -0.25) is 19.5 Å². The molecule has 29 heavy (non-hydrogen) atoms. The highest BCUT2D eigenvalue weighted by atomic mass is 16.2. The van der Waals surface area contributed by atoms with E-state index in [1.54, 1.807) is 4.90 Å². The smallest absolute Gasteiger partial charge is 0.270 e. The Morgan fingerprint density at radius 1 is 1.34 bits per heavy atom. The number of fused-ring (bicyclic) bond motifs is 1. The van der Waals surface area contributed by atoms with Gasteiger partial charge >= 0.3 is 0 Å². The number of carbonyl (C=O) groups is 2. The lowest BCUT2D eigenvalue weighted by Crippen LogP contribution is -2.52. The number of hydrogen-bond donors (Lipinski definition) is 3. The quantitative estimate of drug-likeness (QED) is 0.537. The van der Waals surface area contributed by atoms with Gasteiger partial charge in [0.05, 0.1) is 0 Å². The van der Waals surface area contributed by atoms with Crippen molar-refractivity contribution in [2.75, 3.05) is 11.9 Å². The van der Waals surface area contributed by atoms with Gasteiger partial charge in [-0.05, 0) is 68.9 Å². The normalized spacial score (nSPS) is 22.3. The zero-order valence-corrected chi connectivity index (χ0v) is 17.2. The third kappa shape index (κ3) is 3.33. The first kappa shape index (κ1) is 19.6. The Morgan fingerprint density at radius 2 is 2.10 bits per heavy atom. The highest BCUT2D eigenvalue weighted by Crippen LogP contribution is 2.40. The number of nitrogens with two attached hydrogens (primary N) is 1. The molecule has 4 rings (SSSR count). The molecule has 3 aliphatic rings. The zero-order chi connectivity index (χ0) is 20.6. The maximum atomic E-state index is 12.9. The van der Waals surface area contributed by atoms with E-state index in [2.05, 4.69) is 15.6 Å². The van der Waals surface area contributed by atoms with Crippen LogP contribution in [0.5, 0.6) is 0 Å². The molecule has 154 valence electrons. The van der Waals surface area contributed by atoms with Crippen molar-refractivity contribution in [2.45, 2.75) is 64.5 Å². The van der Waals surface area contributed by atoms with Gasteiger partial charge in [-0.15, -0.1) is 0 Å². The van der Waals surface area contributed by atoms with E-state index in [4.69, 9.17) is 5.73 Å². The number of nitrogens with zero attached hydrogens (tertiary/aromatic N) is 2. The fourth-order valence-electron chi connectivity index (χ4n) is 4.89. The minimum absolute atomic E-state index is 0.154. The number of pyridine rings is 1. The summed E-state index contributed by atoms with van der Waals surface area (Å²) in [5, 5.41) is 6.58. The third-order valence-electron chi connectivity index (χ3n) is 6.44. The van der Waals surface area contributed by atoms with E-state index in [9.17, 15) is 9.59 Å². The highest BCUT2D eigenvalue weighted by molar-refractivity contribution is 6.00. The molecule has 0 aromatic carbocycles. The summed E-state index contributed by atoms with van der Waals surface area (Å²) in [7, 11) is 0. The first-order valence-corrected chi connectivity index (χ1v) is 10.4. The molecule has 7 nitrogen and oxygen atoms in total. The molecule has 0 bridgehead atoms. The van der Waals surface area contributed by atoms with E-state index in [-0.39, 0.29) is 5.91 Å². The molecule has 1 saturated heterocycles. The summed E-state index contributed by atoms with van der Waals surface area (Å²) in [6.45, 7) is 4.52. The van der Waals surface area contributed by atoms with E-state index in [0.717, 1.165) is 78.7 Å². The number of rotatable bonds is 4. The van der Waals surface area contributed by atoms with Gasteiger partial charge in [0, 0.05) is 36.1 Å². The highest BCUT2D eigenvalue weighted by Gasteiger charge is 2.49. The first-order valence-electron chi connectivity index (χ1n) is 10.4. The molecule has 0 radical (unpaired) electrons. The van der Waals surface area contributed by atoms with Crippen LogP contribution in [0.25, 0.3) is 0 Å². The van der Waals surface area contributed by atoms with Crippen molar-refractivity contribution < 1.29 is 9.59 Å². The fraction of sp³-hybridized carbons (Fsp3) is 0.500. The number of carbonyl (C=O) groups excluding carboxylic acids is 2. The molecule has 2 fully saturated rings. The summed E-state index contributed by atoms with van der Waals surface area (Å²) in [5.74, 6) is -0.154. The van der Waals surface area contributed by atoms with E-state index >= 15 is 0 Å². The summed E-state index contributed by atoms with van der Waals surface area (Å²) in [6.07, 6.45) is 8.91. The Labute approximate surface area is 171 Å². The van der Waals surface area contributed by atoms with E-state index in [0.29, 0.717) is 18.7 Å². The lowest BCUT2D eigenvalue weighted by atomic mass is 9.88. The van der Waals surface area contributed by atoms with Crippen molar-refractivity contribution in [1.82, 2.24) is 15.2 Å². The molecule has 2 amide bonds. The van der Waals surface area contributed by atoms with E-state index < -0.39 is 5.66 Å². The second kappa shape index (κ2) is 7.63. The van der Waals surface area contributed by atoms with Crippen LogP contribution < -0.4 is 16.4 Å². The molecule has 0 atom stereocenters. The maximum absolute atomic E-state index is 12.9. The second-order valence-corrected chi connectivity index (χ2v) is 8.27. The lowest BCUT2D eigenvalue weighted by molar-refractivity contribution is -0.121. The van der Waals surface area contributed by atoms with Gasteiger partial charge in [0.2, 0.25) is 6.41 Å². The van der Waals surface area contributed by atoms with Crippen molar-refractivity contribution in [2.24, 2.45) is 5.73 Å². The summed E-state index contributed by atoms with van der Waals surface area (Å²) in [6, 6.07) is 2.04. The third-order valence-corrected chi connectivity index (χ3v) is 6.44. The molecular weight excluding hydrogens is 366 g/mol. The Morgan fingerprint density at radius 3 is 2.79 bits per heavy atom. The number of aromatic nitrogens is 1. The SMILES string of the molecule is CC1=C(/C(C)=C2/C(=O)NC3(CCCCC3)N2C=O)Cc2cnc(CCN)cc2N1. The van der Waals surface area contributed by atoms with Crippen molar-refractivity contribution in [1.29, 1.82) is 0 Å². The number of nitrogens with one attached hydrogen (secondary N) is 2. The van der Waals surface area contributed by atoms with Crippen LogP contribution in [0.1, 0.15) is 57.2 Å². The molecule has 1 aromatic rings. The summed E-state index contributed by atoms with van der Waals surface area (Å²) in [4.78, 5) is 31.1. The summed E-state index contributed by atoms with van der Waals surface area (Å²) >= 11 is 0. The average Bonchev–Trinajstić information content (AvgIpc) is 2.98. The van der Waals surface area contributed by atoms with E-state index in [1.807, 2.05) is 26.1 Å². The van der Waals surface area contributed by atoms with Crippen LogP contribution in [0.3, 0.4) is 0 Å². The van der Waals surface area contributed by atoms with Gasteiger partial charge in [-0.2, -0.15) is 0 Å². The van der Waals surface area contributed by atoms with Gasteiger partial charge in [0.15, 0.2) is 0 Å². The van der Waals surface area contributed by atoms with Crippen LogP contribution in [0.15, 0.2) is 34.8 Å². The topological polar surface area (TPSA) is 100 Å². The van der Waals surface area contributed by atoms with Gasteiger partial charge in [0.1, 0.15) is 11.4 Å². The van der Waals surface area contributed by atoms with Gasteiger partial charge in [0.25, 0.3) is 5.91 Å². The Bertz CT molecular complexity index is 912. The Hall–Kier alpha value is -2.67. The standard InChI is InChI=1S/C22H29N5O2/c1-14(20-21(29)26-22(27(20)13-28)7-4-3-5-8-22)18-10-16-12-24-17(6-9-23)11-19(16)25-15(18)2/h11-13,25H,3-10,23H2,1-2H3,(H,26,29)/b20-14-. The number of hydrogen-bond acceptors (Lipinski definition) is 5. The minimum Gasteiger partial charge on any atom is -0.359 e. The maximum Gasteiger partial charge on any atom is 0.270 e. The molecule has 7 heteroatoms. The van der Waals surface area contributed by atoms with Crippen LogP contribution in [-0.2, 0) is 22.4 Å². The summed E-state index contributed by atoms with van der Waals surface area (Å²) in [5.41, 5.74) is 11.5. The van der Waals surface area contributed by atoms with Crippen molar-refractivity contribution in [3.05, 3.63) is 46.1 Å². The average molecular weight is 396 g/mol. The minimum atomic E-state index is -0.555. The van der Waals surface area contributed by atoms with Gasteiger partial charge < -0.3 is 16.4 Å². The molecule has 4 N–H and O–H groups in total. The van der Waals surface area contributed by atoms with Crippen LogP contribution in [0.4, 0.5) is 5.69 Å². The molecule has 1 aliphatic carbocycles. The molecular formula is C22H29N5O2. The second-order valence-electron chi connectivity index (χ2n) is 8.27. The largest absolute Gasteiger partial charge is 0.359 e. The number of allylic oxidation sites excluding steroid dienone is 3. The summed E-state index contributed by atoms with van der Waals surface area (Å²) < 4.78 is 0.